The summed E-state index contributed by atoms with van der Waals surface area (Å²) in [5, 5.41) is 10.6. The first kappa shape index (κ1) is 21.8. The van der Waals surface area contributed by atoms with Crippen LogP contribution in [0, 0.1) is 25.2 Å². The lowest BCUT2D eigenvalue weighted by Crippen LogP contribution is -2.21. The molecule has 7 heteroatoms. The van der Waals surface area contributed by atoms with Crippen molar-refractivity contribution >= 4 is 32.9 Å². The van der Waals surface area contributed by atoms with Crippen LogP contribution in [0.25, 0.3) is 11.0 Å². The van der Waals surface area contributed by atoms with Gasteiger partial charge in [-0.2, -0.15) is 5.26 Å². The third kappa shape index (κ3) is 3.72. The van der Waals surface area contributed by atoms with Crippen molar-refractivity contribution in [1.82, 2.24) is 0 Å². The minimum Gasteiger partial charge on any atom is -0.449 e. The van der Waals surface area contributed by atoms with Crippen molar-refractivity contribution in [2.24, 2.45) is 5.73 Å². The second-order valence-corrected chi connectivity index (χ2v) is 9.04. The van der Waals surface area contributed by atoms with Crippen LogP contribution in [0.15, 0.2) is 81.0 Å². The van der Waals surface area contributed by atoms with Crippen molar-refractivity contribution in [3.05, 3.63) is 105 Å². The molecule has 3 aromatic carbocycles. The van der Waals surface area contributed by atoms with Gasteiger partial charge in [-0.15, -0.1) is 0 Å². The molecule has 0 radical (unpaired) electrons. The quantitative estimate of drug-likeness (QED) is 0.256. The van der Waals surface area contributed by atoms with Crippen LogP contribution < -0.4 is 15.2 Å². The number of benzene rings is 3. The number of hydrogen-bond acceptors (Lipinski definition) is 6. The van der Waals surface area contributed by atoms with Crippen LogP contribution in [0.5, 0.6) is 11.5 Å². The molecule has 4 aromatic rings. The van der Waals surface area contributed by atoms with E-state index in [1.54, 1.807) is 24.3 Å². The van der Waals surface area contributed by atoms with Crippen LogP contribution in [0.3, 0.4) is 0 Å². The molecule has 2 heterocycles. The van der Waals surface area contributed by atoms with Gasteiger partial charge in [0, 0.05) is 27.1 Å². The highest BCUT2D eigenvalue weighted by Gasteiger charge is 2.31. The van der Waals surface area contributed by atoms with Gasteiger partial charge >= 0.3 is 5.97 Å². The molecule has 34 heavy (non-hydrogen) atoms. The van der Waals surface area contributed by atoms with E-state index in [0.717, 1.165) is 26.5 Å². The first-order chi connectivity index (χ1) is 16.4. The maximum Gasteiger partial charge on any atom is 0.379 e. The van der Waals surface area contributed by atoms with Crippen molar-refractivity contribution < 1.29 is 18.7 Å². The number of ether oxygens (including phenoxy) is 2. The molecule has 1 aromatic heterocycles. The average Bonchev–Trinajstić information content (AvgIpc) is 3.14. The third-order valence-electron chi connectivity index (χ3n) is 5.90. The second kappa shape index (κ2) is 8.40. The highest BCUT2D eigenvalue weighted by molar-refractivity contribution is 9.10. The summed E-state index contributed by atoms with van der Waals surface area (Å²) in [6.07, 6.45) is 0. The predicted octanol–water partition coefficient (Wildman–Crippen LogP) is 6.25. The standard InChI is InChI=1S/C27H19BrN2O4/c1-14-3-5-16(6-4-14)24-20-10-8-18(12-23(20)34-26(30)21(24)13-29)32-27(31)25-15(2)19-9-7-17(28)11-22(19)33-25/h3-12,24H,30H2,1-2H3. The van der Waals surface area contributed by atoms with Crippen LogP contribution in [-0.2, 0) is 0 Å². The summed E-state index contributed by atoms with van der Waals surface area (Å²) in [4.78, 5) is 12.9. The highest BCUT2D eigenvalue weighted by Crippen LogP contribution is 2.43. The van der Waals surface area contributed by atoms with Gasteiger partial charge in [-0.1, -0.05) is 51.8 Å². The van der Waals surface area contributed by atoms with Gasteiger partial charge in [0.1, 0.15) is 28.7 Å². The molecule has 1 aliphatic heterocycles. The molecule has 0 spiro atoms. The number of halogens is 1. The fraction of sp³-hybridized carbons (Fsp3) is 0.111. The molecule has 0 fully saturated rings. The van der Waals surface area contributed by atoms with Crippen molar-refractivity contribution in [3.8, 4) is 17.6 Å². The molecule has 1 atom stereocenters. The van der Waals surface area contributed by atoms with E-state index in [9.17, 15) is 10.1 Å². The van der Waals surface area contributed by atoms with Crippen molar-refractivity contribution in [2.75, 3.05) is 0 Å². The van der Waals surface area contributed by atoms with Gasteiger partial charge in [0.05, 0.1) is 5.92 Å². The van der Waals surface area contributed by atoms with Crippen molar-refractivity contribution in [2.45, 2.75) is 19.8 Å². The van der Waals surface area contributed by atoms with Gasteiger partial charge in [-0.3, -0.25) is 0 Å². The van der Waals surface area contributed by atoms with Gasteiger partial charge in [0.2, 0.25) is 11.6 Å². The fourth-order valence-corrected chi connectivity index (χ4v) is 4.49. The van der Waals surface area contributed by atoms with Crippen LogP contribution in [-0.4, -0.2) is 5.97 Å². The molecule has 0 saturated carbocycles. The van der Waals surface area contributed by atoms with Crippen LogP contribution >= 0.6 is 15.9 Å². The summed E-state index contributed by atoms with van der Waals surface area (Å²) in [6, 6.07) is 20.7. The van der Waals surface area contributed by atoms with E-state index in [2.05, 4.69) is 22.0 Å². The summed E-state index contributed by atoms with van der Waals surface area (Å²) in [7, 11) is 0. The number of aryl methyl sites for hydroxylation is 2. The molecule has 1 aliphatic rings. The third-order valence-corrected chi connectivity index (χ3v) is 6.39. The summed E-state index contributed by atoms with van der Waals surface area (Å²) in [5.41, 5.74) is 10.5. The number of esters is 1. The van der Waals surface area contributed by atoms with E-state index >= 15 is 0 Å². The number of nitriles is 1. The Morgan fingerprint density at radius 2 is 1.85 bits per heavy atom. The van der Waals surface area contributed by atoms with E-state index in [1.807, 2.05) is 50.2 Å². The summed E-state index contributed by atoms with van der Waals surface area (Å²) in [5.74, 6) is -0.122. The fourth-order valence-electron chi connectivity index (χ4n) is 4.15. The summed E-state index contributed by atoms with van der Waals surface area (Å²) >= 11 is 3.41. The normalized spacial score (nSPS) is 14.9. The van der Waals surface area contributed by atoms with Crippen molar-refractivity contribution in [3.63, 3.8) is 0 Å². The lowest BCUT2D eigenvalue weighted by molar-refractivity contribution is 0.0702. The zero-order chi connectivity index (χ0) is 24.0. The SMILES string of the molecule is Cc1ccc(C2C(C#N)=C(N)Oc3cc(OC(=O)c4oc5cc(Br)ccc5c4C)ccc32)cc1. The van der Waals surface area contributed by atoms with Gasteiger partial charge in [0.25, 0.3) is 0 Å². The molecule has 168 valence electrons. The number of allylic oxidation sites excluding steroid dienone is 1. The first-order valence-corrected chi connectivity index (χ1v) is 11.3. The Kier molecular flexibility index (Phi) is 5.39. The molecule has 0 amide bonds. The van der Waals surface area contributed by atoms with Crippen LogP contribution in [0.4, 0.5) is 0 Å². The van der Waals surface area contributed by atoms with Gasteiger partial charge in [-0.05, 0) is 43.7 Å². The number of hydrogen-bond donors (Lipinski definition) is 1. The molecular formula is C27H19BrN2O4. The largest absolute Gasteiger partial charge is 0.449 e. The molecule has 0 saturated heterocycles. The Morgan fingerprint density at radius 3 is 2.59 bits per heavy atom. The van der Waals surface area contributed by atoms with E-state index in [-0.39, 0.29) is 23.3 Å². The number of furan rings is 1. The molecule has 6 nitrogen and oxygen atoms in total. The van der Waals surface area contributed by atoms with E-state index in [4.69, 9.17) is 19.6 Å². The number of rotatable bonds is 3. The van der Waals surface area contributed by atoms with Gasteiger partial charge < -0.3 is 19.6 Å². The number of carbonyl (C=O) groups excluding carboxylic acids is 1. The van der Waals surface area contributed by atoms with E-state index in [1.165, 1.54) is 0 Å². The van der Waals surface area contributed by atoms with E-state index < -0.39 is 5.97 Å². The monoisotopic (exact) mass is 514 g/mol. The van der Waals surface area contributed by atoms with Crippen molar-refractivity contribution in [1.29, 1.82) is 5.26 Å². The Labute approximate surface area is 204 Å². The second-order valence-electron chi connectivity index (χ2n) is 8.12. The lowest BCUT2D eigenvalue weighted by Gasteiger charge is -2.26. The molecular weight excluding hydrogens is 496 g/mol. The topological polar surface area (TPSA) is 98.5 Å². The summed E-state index contributed by atoms with van der Waals surface area (Å²) in [6.45, 7) is 3.81. The predicted molar refractivity (Wildman–Crippen MR) is 131 cm³/mol. The van der Waals surface area contributed by atoms with Gasteiger partial charge in [0.15, 0.2) is 0 Å². The first-order valence-electron chi connectivity index (χ1n) is 10.5. The zero-order valence-electron chi connectivity index (χ0n) is 18.4. The Balaban J connectivity index is 1.49. The molecule has 5 rings (SSSR count). The number of nitrogens with two attached hydrogens (primary N) is 1. The van der Waals surface area contributed by atoms with E-state index in [0.29, 0.717) is 22.5 Å². The van der Waals surface area contributed by atoms with Crippen LogP contribution in [0.2, 0.25) is 0 Å². The molecule has 1 unspecified atom stereocenters. The van der Waals surface area contributed by atoms with Crippen LogP contribution in [0.1, 0.15) is 38.7 Å². The zero-order valence-corrected chi connectivity index (χ0v) is 20.0. The Hall–Kier alpha value is -4.02. The molecule has 0 bridgehead atoms. The van der Waals surface area contributed by atoms with Gasteiger partial charge in [-0.25, -0.2) is 4.79 Å². The maximum absolute atomic E-state index is 12.9. The Bertz CT molecular complexity index is 1530. The summed E-state index contributed by atoms with van der Waals surface area (Å²) < 4.78 is 18.0. The average molecular weight is 515 g/mol. The number of fused-ring (bicyclic) bond motifs is 2. The number of carbonyl (C=O) groups is 1. The minimum atomic E-state index is -0.614. The minimum absolute atomic E-state index is 0.0303. The molecule has 2 N–H and O–H groups in total. The number of nitrogens with zero attached hydrogens (tertiary/aromatic N) is 1. The molecule has 0 aliphatic carbocycles. The highest BCUT2D eigenvalue weighted by atomic mass is 79.9. The smallest absolute Gasteiger partial charge is 0.379 e. The lowest BCUT2D eigenvalue weighted by atomic mass is 9.83. The maximum atomic E-state index is 12.9. The Morgan fingerprint density at radius 1 is 1.09 bits per heavy atom.